The van der Waals surface area contributed by atoms with Crippen molar-refractivity contribution in [2.24, 2.45) is 0 Å². The monoisotopic (exact) mass is 464 g/mol. The van der Waals surface area contributed by atoms with Gasteiger partial charge in [0, 0.05) is 30.3 Å². The summed E-state index contributed by atoms with van der Waals surface area (Å²) in [6.07, 6.45) is 2.78. The lowest BCUT2D eigenvalue weighted by Crippen LogP contribution is -2.12. The fourth-order valence-corrected chi connectivity index (χ4v) is 2.69. The number of amides is 1. The Morgan fingerprint density at radius 3 is 2.38 bits per heavy atom. The highest BCUT2D eigenvalue weighted by Crippen LogP contribution is 2.28. The molecule has 8 nitrogen and oxygen atoms in total. The van der Waals surface area contributed by atoms with Gasteiger partial charge in [-0.3, -0.25) is 9.59 Å². The molecule has 0 saturated heterocycles. The Hall–Kier alpha value is -3.72. The lowest BCUT2D eigenvalue weighted by Gasteiger charge is -2.09. The largest absolute Gasteiger partial charge is 0.383 e. The molecule has 0 radical (unpaired) electrons. The Bertz CT molecular complexity index is 1070. The smallest absolute Gasteiger partial charge is 0.247 e. The van der Waals surface area contributed by atoms with E-state index in [0.29, 0.717) is 23.6 Å². The average molecular weight is 465 g/mol. The van der Waals surface area contributed by atoms with E-state index in [-0.39, 0.29) is 5.91 Å². The number of nitrogens with zero attached hydrogens (tertiary/aromatic N) is 1. The number of fused-ring (bicyclic) bond motifs is 1. The van der Waals surface area contributed by atoms with E-state index in [9.17, 15) is 14.4 Å². The molecular formula is C26H32N4O4. The summed E-state index contributed by atoms with van der Waals surface area (Å²) in [5.41, 5.74) is 2.68. The van der Waals surface area contributed by atoms with Crippen molar-refractivity contribution in [1.82, 2.24) is 15.6 Å². The maximum absolute atomic E-state index is 11.6. The summed E-state index contributed by atoms with van der Waals surface area (Å²) in [4.78, 5) is 36.1. The number of nitrogens with one attached hydrogen (secondary N) is 3. The summed E-state index contributed by atoms with van der Waals surface area (Å²) >= 11 is 0. The first kappa shape index (κ1) is 28.3. The molecule has 1 heterocycles. The highest BCUT2D eigenvalue weighted by Gasteiger charge is 2.07. The first-order valence-corrected chi connectivity index (χ1v) is 10.6. The van der Waals surface area contributed by atoms with Crippen LogP contribution in [0.5, 0.6) is 0 Å². The van der Waals surface area contributed by atoms with Crippen LogP contribution in [0.1, 0.15) is 10.5 Å². The van der Waals surface area contributed by atoms with Crippen molar-refractivity contribution in [2.45, 2.75) is 0 Å². The molecule has 0 aliphatic heterocycles. The minimum Gasteiger partial charge on any atom is -0.383 e. The van der Waals surface area contributed by atoms with E-state index < -0.39 is 0 Å². The number of benzene rings is 2. The summed E-state index contributed by atoms with van der Waals surface area (Å²) in [6, 6.07) is 16.8. The van der Waals surface area contributed by atoms with Gasteiger partial charge >= 0.3 is 0 Å². The van der Waals surface area contributed by atoms with Gasteiger partial charge in [-0.15, -0.1) is 0 Å². The third-order valence-corrected chi connectivity index (χ3v) is 4.36. The SMILES string of the molecule is C=CC(=O)Nc1cccc2ccc(-c3cccc(C=O)n3)cc12.CNCC=O.CNCCOC. The number of pyridine rings is 1. The predicted molar refractivity (Wildman–Crippen MR) is 137 cm³/mol. The van der Waals surface area contributed by atoms with E-state index in [1.807, 2.05) is 49.5 Å². The quantitative estimate of drug-likeness (QED) is 0.254. The molecule has 0 aliphatic carbocycles. The van der Waals surface area contributed by atoms with Crippen LogP contribution in [0.4, 0.5) is 5.69 Å². The number of carbonyl (C=O) groups excluding carboxylic acids is 3. The van der Waals surface area contributed by atoms with Crippen molar-refractivity contribution >= 4 is 34.9 Å². The zero-order valence-electron chi connectivity index (χ0n) is 19.8. The van der Waals surface area contributed by atoms with E-state index in [0.717, 1.165) is 42.1 Å². The van der Waals surface area contributed by atoms with Crippen LogP contribution in [-0.2, 0) is 14.3 Å². The van der Waals surface area contributed by atoms with Gasteiger partial charge in [-0.2, -0.15) is 0 Å². The van der Waals surface area contributed by atoms with E-state index in [2.05, 4.69) is 27.5 Å². The van der Waals surface area contributed by atoms with Crippen LogP contribution in [0, 0.1) is 0 Å². The third-order valence-electron chi connectivity index (χ3n) is 4.36. The second kappa shape index (κ2) is 16.8. The summed E-state index contributed by atoms with van der Waals surface area (Å²) < 4.78 is 4.72. The predicted octanol–water partition coefficient (Wildman–Crippen LogP) is 3.10. The van der Waals surface area contributed by atoms with E-state index in [1.54, 1.807) is 26.3 Å². The first-order valence-electron chi connectivity index (χ1n) is 10.6. The molecule has 3 N–H and O–H groups in total. The number of hydrogen-bond donors (Lipinski definition) is 3. The van der Waals surface area contributed by atoms with E-state index >= 15 is 0 Å². The molecule has 0 bridgehead atoms. The standard InChI is InChI=1S/C19H14N2O2.C4H11NO.C3H7NO/c1-2-19(23)21-18-8-3-5-13-9-10-14(11-16(13)18)17-7-4-6-15(12-22)20-17;1-5-3-4-6-2;1-4-2-3-5/h2-12H,1H2,(H,21,23);5H,3-4H2,1-2H3;3-4H,2H2,1H3. The fourth-order valence-electron chi connectivity index (χ4n) is 2.69. The molecule has 0 spiro atoms. The maximum Gasteiger partial charge on any atom is 0.247 e. The Balaban J connectivity index is 0.000000440. The number of anilines is 1. The Labute approximate surface area is 200 Å². The van der Waals surface area contributed by atoms with Gasteiger partial charge in [0.25, 0.3) is 0 Å². The Kier molecular flexibility index (Phi) is 14.0. The summed E-state index contributed by atoms with van der Waals surface area (Å²) in [5, 5.41) is 10.3. The van der Waals surface area contributed by atoms with Crippen LogP contribution in [0.25, 0.3) is 22.0 Å². The second-order valence-electron chi connectivity index (χ2n) is 6.82. The van der Waals surface area contributed by atoms with E-state index in [1.165, 1.54) is 6.08 Å². The summed E-state index contributed by atoms with van der Waals surface area (Å²) in [7, 11) is 5.32. The van der Waals surface area contributed by atoms with Crippen LogP contribution in [0.2, 0.25) is 0 Å². The van der Waals surface area contributed by atoms with Crippen molar-refractivity contribution in [1.29, 1.82) is 0 Å². The number of likely N-dealkylation sites (N-methyl/N-ethyl adjacent to an activating group) is 2. The van der Waals surface area contributed by atoms with Crippen molar-refractivity contribution in [3.8, 4) is 11.3 Å². The van der Waals surface area contributed by atoms with Gasteiger partial charge in [0.15, 0.2) is 6.29 Å². The molecule has 0 unspecified atom stereocenters. The zero-order chi connectivity index (χ0) is 25.2. The molecule has 8 heteroatoms. The van der Waals surface area contributed by atoms with Crippen LogP contribution >= 0.6 is 0 Å². The Morgan fingerprint density at radius 2 is 1.82 bits per heavy atom. The van der Waals surface area contributed by atoms with Gasteiger partial charge < -0.3 is 25.5 Å². The van der Waals surface area contributed by atoms with Crippen LogP contribution < -0.4 is 16.0 Å². The number of methoxy groups -OCH3 is 1. The molecule has 0 aliphatic rings. The van der Waals surface area contributed by atoms with Crippen molar-refractivity contribution in [2.75, 3.05) is 46.2 Å². The summed E-state index contributed by atoms with van der Waals surface area (Å²) in [5.74, 6) is -0.260. The lowest BCUT2D eigenvalue weighted by molar-refractivity contribution is -0.112. The number of rotatable bonds is 9. The Morgan fingerprint density at radius 1 is 1.06 bits per heavy atom. The number of carbonyl (C=O) groups is 3. The van der Waals surface area contributed by atoms with Crippen LogP contribution in [-0.4, -0.2) is 64.4 Å². The lowest BCUT2D eigenvalue weighted by atomic mass is 10.0. The van der Waals surface area contributed by atoms with Gasteiger partial charge in [0.2, 0.25) is 5.91 Å². The normalized spacial score (nSPS) is 9.62. The number of aldehydes is 2. The zero-order valence-corrected chi connectivity index (χ0v) is 19.8. The van der Waals surface area contributed by atoms with Crippen molar-refractivity contribution in [3.63, 3.8) is 0 Å². The number of hydrogen-bond acceptors (Lipinski definition) is 7. The highest BCUT2D eigenvalue weighted by molar-refractivity contribution is 6.06. The number of ether oxygens (including phenoxy) is 1. The van der Waals surface area contributed by atoms with Crippen molar-refractivity contribution < 1.29 is 19.1 Å². The molecule has 0 fully saturated rings. The average Bonchev–Trinajstić information content (AvgIpc) is 2.88. The molecule has 1 aromatic heterocycles. The number of aromatic nitrogens is 1. The molecule has 0 atom stereocenters. The van der Waals surface area contributed by atoms with E-state index in [4.69, 9.17) is 4.74 Å². The topological polar surface area (TPSA) is 109 Å². The van der Waals surface area contributed by atoms with Gasteiger partial charge in [-0.1, -0.05) is 36.9 Å². The molecule has 3 aromatic rings. The van der Waals surface area contributed by atoms with Crippen LogP contribution in [0.15, 0.2) is 67.3 Å². The maximum atomic E-state index is 11.6. The molecular weight excluding hydrogens is 432 g/mol. The molecule has 2 aromatic carbocycles. The molecule has 0 saturated carbocycles. The van der Waals surface area contributed by atoms with Gasteiger partial charge in [-0.05, 0) is 49.8 Å². The first-order chi connectivity index (χ1) is 16.5. The third kappa shape index (κ3) is 9.83. The van der Waals surface area contributed by atoms with Gasteiger partial charge in [0.05, 0.1) is 18.8 Å². The summed E-state index contributed by atoms with van der Waals surface area (Å²) in [6.45, 7) is 5.67. The van der Waals surface area contributed by atoms with Crippen molar-refractivity contribution in [3.05, 3.63) is 72.9 Å². The van der Waals surface area contributed by atoms with Gasteiger partial charge in [0.1, 0.15) is 12.0 Å². The molecule has 180 valence electrons. The minimum absolute atomic E-state index is 0.260. The highest BCUT2D eigenvalue weighted by atomic mass is 16.5. The molecule has 34 heavy (non-hydrogen) atoms. The fraction of sp³-hybridized carbons (Fsp3) is 0.231. The molecule has 1 amide bonds. The van der Waals surface area contributed by atoms with Crippen LogP contribution in [0.3, 0.4) is 0 Å². The molecule has 3 rings (SSSR count). The van der Waals surface area contributed by atoms with Gasteiger partial charge in [-0.25, -0.2) is 4.98 Å². The second-order valence-corrected chi connectivity index (χ2v) is 6.82. The minimum atomic E-state index is -0.260.